The van der Waals surface area contributed by atoms with Gasteiger partial charge in [-0.1, -0.05) is 6.42 Å². The Morgan fingerprint density at radius 2 is 0.686 bits per heavy atom. The molecule has 8 aliphatic heterocycles. The highest BCUT2D eigenvalue weighted by Crippen LogP contribution is 2.42. The first-order valence-corrected chi connectivity index (χ1v) is 51.0. The van der Waals surface area contributed by atoms with Gasteiger partial charge in [0.25, 0.3) is 23.6 Å². The van der Waals surface area contributed by atoms with Crippen LogP contribution in [0.3, 0.4) is 0 Å². The third-order valence-electron chi connectivity index (χ3n) is 27.2. The first kappa shape index (κ1) is 114. The van der Waals surface area contributed by atoms with E-state index in [0.29, 0.717) is 86.9 Å². The van der Waals surface area contributed by atoms with E-state index in [0.717, 1.165) is 37.1 Å². The second kappa shape index (κ2) is 52.7. The monoisotopic (exact) mass is 2070 g/mol. The topological polar surface area (TPSA) is 824 Å². The van der Waals surface area contributed by atoms with Crippen LogP contribution in [0.5, 0.6) is 0 Å². The van der Waals surface area contributed by atoms with Crippen LogP contribution in [0.4, 0.5) is 0 Å². The van der Waals surface area contributed by atoms with Crippen molar-refractivity contribution in [3.05, 3.63) is 46.5 Å². The minimum Gasteiger partial charge on any atom is -0.389 e. The number of ether oxygens (including phenoxy) is 12. The molecule has 10 aliphatic rings. The molecule has 8 heterocycles. The summed E-state index contributed by atoms with van der Waals surface area (Å²) in [4.78, 5) is 75.0. The first-order valence-electron chi connectivity index (χ1n) is 47.8. The molecule has 5 amide bonds. The van der Waals surface area contributed by atoms with Crippen LogP contribution in [0.25, 0.3) is 10.8 Å². The van der Waals surface area contributed by atoms with E-state index in [-0.39, 0.29) is 115 Å². The van der Waals surface area contributed by atoms with Crippen LogP contribution in [-0.4, -0.2) is 488 Å². The molecule has 38 atom stereocenters. The summed E-state index contributed by atoms with van der Waals surface area (Å²) in [6.45, 7) is 3.94. The van der Waals surface area contributed by atoms with Crippen LogP contribution in [-0.2, 0) is 61.6 Å². The van der Waals surface area contributed by atoms with Gasteiger partial charge in [-0.15, -0.1) is 0 Å². The molecule has 0 bridgehead atoms. The van der Waals surface area contributed by atoms with E-state index in [1.165, 1.54) is 52.7 Å². The van der Waals surface area contributed by atoms with Crippen molar-refractivity contribution in [2.24, 2.45) is 68.8 Å². The third-order valence-corrected chi connectivity index (χ3v) is 29.9. The number of benzene rings is 2. The number of thioether (sulfide) groups is 2. The number of nitrogens with one attached hydrogen (secondary N) is 5. The number of aliphatic hydroxyl groups excluding tert-OH is 12. The molecule has 794 valence electrons. The van der Waals surface area contributed by atoms with Crippen LogP contribution in [0.1, 0.15) is 106 Å². The highest BCUT2D eigenvalue weighted by Gasteiger charge is 2.58. The van der Waals surface area contributed by atoms with Crippen LogP contribution < -0.4 is 95.4 Å². The highest BCUT2D eigenvalue weighted by molar-refractivity contribution is 7.99. The summed E-state index contributed by atoms with van der Waals surface area (Å²) in [5, 5.41) is 151. The fourth-order valence-electron chi connectivity index (χ4n) is 19.0. The number of amides is 5. The van der Waals surface area contributed by atoms with E-state index in [2.05, 4.69) is 31.5 Å². The Labute approximate surface area is 829 Å². The van der Waals surface area contributed by atoms with E-state index >= 15 is 0 Å². The number of thiocarbonyl (C=S) groups is 2. The van der Waals surface area contributed by atoms with Gasteiger partial charge in [-0.05, 0) is 134 Å². The highest BCUT2D eigenvalue weighted by atomic mass is 32.2. The number of nitrogens with zero attached hydrogens (tertiary/aromatic N) is 4. The maximum Gasteiger partial charge on any atom is 0.261 e. The zero-order chi connectivity index (χ0) is 102. The predicted octanol–water partition coefficient (Wildman–Crippen LogP) is -13.2. The minimum atomic E-state index is -1.64. The standard InChI is InChI=1S/C86H147N21O29S4/c1-104(2)24-25-107-77(123)38-13-11-36-51-37(12-14-39(52(38)51)78(107)124)76(122)106(75(36)121)23-8-10-50(108)99-15-4-3-6-20-105(22-9-17-101-86(138)103-19-27-140-35-49-72(134-82-56(98)66(118)62(114)47(33-90)128-82)68(120)84(130-49)136-74-58(110)41(92)29-43(94)70(74)132-80-54(96)64(116)60(112)45(31-88)126-80)21-7-5-16-100-85(137)102-18-26-139-34-48-71(133-81-55(97)65(117)61(113)46(32-89)127-81)67(119)83(129-48)135-73-57(109)40(91)28-42(93)69(73)131-79-53(95)63(115)59(111)44(30-87)125-79/h11-14,40-49,53-74,79-84,109-120H,3-10,15-35,87-98H2,1-2H3,(H,99,108)(H2,100,102,137)(H2,101,103,138)/t40-,41-,42?,43?,44?,45?,46+,47+,48-,49-,53?,54?,55?,56?,57?,58?,59-,60-,61-,62-,63-,64-,65?,66?,67+,68+,69-,70-,71+,72+,73-,74-,79-,80-,81-,82-,83?,84?/m1/s1. The SMILES string of the molecule is CN(C)CCN1C(=O)c2ccc3c4c(ccc(c24)C1=O)C(=O)N(CCCC(=O)NCCCCCN(CCCCNC(=S)NCCSC[C@H]1OC(O[C@@H]2C(O)[C@H](N)CC(N)[C@H]2O[C@H]2OC(CN)[C@@H](O)[C@H](O)C2N)[C@@H](O)[C@H]1O[C@H]1O[C@@H](CN)[C@@H](O)C(O)C1N)CCCNC(=S)NCCSC[C@H]1OC(O[C@@H]2C(O)[C@H](N)CC(N)[C@H]2O[C@H]2OC(CN)[C@@H](O)[C@H](O)C2N)[C@@H](O)[C@H]1O[C@H]1O[C@@H](CN)[C@@H](O)C(O)C1N)C3=O. The van der Waals surface area contributed by atoms with Crippen molar-refractivity contribution in [1.82, 2.24) is 46.2 Å². The lowest BCUT2D eigenvalue weighted by Crippen LogP contribution is -2.68. The molecule has 8 fully saturated rings. The molecular formula is C86H147N21O29S4. The quantitative estimate of drug-likeness (QED) is 0.0166. The van der Waals surface area contributed by atoms with E-state index in [1.54, 1.807) is 0 Å². The minimum absolute atomic E-state index is 0.0316. The Kier molecular flexibility index (Phi) is 42.8. The number of aliphatic hydroxyl groups is 12. The molecule has 0 radical (unpaired) electrons. The molecule has 50 nitrogen and oxygen atoms in total. The summed E-state index contributed by atoms with van der Waals surface area (Å²) in [5.41, 5.74) is 75.4. The van der Waals surface area contributed by atoms with Gasteiger partial charge >= 0.3 is 0 Å². The number of rotatable bonds is 48. The van der Waals surface area contributed by atoms with Crippen molar-refractivity contribution in [2.45, 2.75) is 297 Å². The largest absolute Gasteiger partial charge is 0.389 e. The molecular weight excluding hydrogens is 1920 g/mol. The van der Waals surface area contributed by atoms with E-state index in [9.17, 15) is 85.3 Å². The maximum absolute atomic E-state index is 14.0. The van der Waals surface area contributed by atoms with Crippen molar-refractivity contribution < 1.29 is 142 Å². The Bertz CT molecular complexity index is 4300. The Morgan fingerprint density at radius 1 is 0.371 bits per heavy atom. The van der Waals surface area contributed by atoms with Gasteiger partial charge in [-0.25, -0.2) is 0 Å². The molecule has 12 rings (SSSR count). The Balaban J connectivity index is 0.616. The second-order valence-electron chi connectivity index (χ2n) is 37.5. The summed E-state index contributed by atoms with van der Waals surface area (Å²) in [6.07, 6.45) is -36.4. The number of unbranched alkanes of at least 4 members (excludes halogenated alkanes) is 3. The van der Waals surface area contributed by atoms with Gasteiger partial charge in [0, 0.05) is 165 Å². The van der Waals surface area contributed by atoms with Gasteiger partial charge < -0.3 is 223 Å². The molecule has 41 N–H and O–H groups in total. The molecule has 54 heteroatoms. The van der Waals surface area contributed by atoms with Gasteiger partial charge in [0.2, 0.25) is 5.91 Å². The molecule has 2 saturated carbocycles. The van der Waals surface area contributed by atoms with Gasteiger partial charge in [0.1, 0.15) is 122 Å². The third kappa shape index (κ3) is 27.2. The smallest absolute Gasteiger partial charge is 0.261 e. The van der Waals surface area contributed by atoms with E-state index < -0.39 is 256 Å². The molecule has 2 aromatic carbocycles. The van der Waals surface area contributed by atoms with Crippen molar-refractivity contribution in [1.29, 1.82) is 0 Å². The van der Waals surface area contributed by atoms with E-state index in [4.69, 9.17) is 150 Å². The summed E-state index contributed by atoms with van der Waals surface area (Å²) >= 11 is 14.2. The van der Waals surface area contributed by atoms with E-state index in [1.807, 2.05) is 19.0 Å². The molecule has 6 saturated heterocycles. The fourth-order valence-corrected chi connectivity index (χ4v) is 21.2. The molecule has 2 aromatic rings. The van der Waals surface area contributed by atoms with Gasteiger partial charge in [0.15, 0.2) is 48.0 Å². The lowest BCUT2D eigenvalue weighted by Gasteiger charge is -2.47. The average Bonchev–Trinajstić information content (AvgIpc) is 0.958. The average molecular weight is 2070 g/mol. The first-order chi connectivity index (χ1) is 66.8. The van der Waals surface area contributed by atoms with Crippen molar-refractivity contribution in [3.63, 3.8) is 0 Å². The van der Waals surface area contributed by atoms with Crippen molar-refractivity contribution >= 4 is 98.5 Å². The number of hydrogen-bond donors (Lipinski definition) is 29. The summed E-state index contributed by atoms with van der Waals surface area (Å²) in [5.74, 6) is -1.24. The summed E-state index contributed by atoms with van der Waals surface area (Å²) < 4.78 is 74.1. The number of nitrogens with two attached hydrogens (primary N) is 12. The zero-order valence-electron chi connectivity index (χ0n) is 78.4. The zero-order valence-corrected chi connectivity index (χ0v) is 81.7. The van der Waals surface area contributed by atoms with Gasteiger partial charge in [-0.3, -0.25) is 33.8 Å². The van der Waals surface area contributed by atoms with Crippen LogP contribution in [0, 0.1) is 0 Å². The number of imide groups is 2. The molecule has 0 spiro atoms. The molecule has 140 heavy (non-hydrogen) atoms. The Morgan fingerprint density at radius 3 is 1.06 bits per heavy atom. The number of carbonyl (C=O) groups excluding carboxylic acids is 5. The number of carbonyl (C=O) groups is 5. The van der Waals surface area contributed by atoms with Gasteiger partial charge in [-0.2, -0.15) is 23.5 Å². The summed E-state index contributed by atoms with van der Waals surface area (Å²) in [7, 11) is 3.66. The lowest BCUT2D eigenvalue weighted by atomic mass is 9.84. The molecule has 14 unspecified atom stereocenters. The van der Waals surface area contributed by atoms with Crippen LogP contribution >= 0.6 is 48.0 Å². The van der Waals surface area contributed by atoms with Crippen LogP contribution in [0.15, 0.2) is 24.3 Å². The number of hydrogen-bond acceptors (Lipinski definition) is 47. The number of likely N-dealkylation sites (N-methyl/N-ethyl adjacent to an activating group) is 1. The molecule has 0 aromatic heterocycles. The van der Waals surface area contributed by atoms with Gasteiger partial charge in [0.05, 0.1) is 48.6 Å². The maximum atomic E-state index is 14.0. The molecule has 2 aliphatic carbocycles. The van der Waals surface area contributed by atoms with Crippen molar-refractivity contribution in [3.8, 4) is 0 Å². The Hall–Kier alpha value is -4.99. The lowest BCUT2D eigenvalue weighted by molar-refractivity contribution is -0.306. The second-order valence-corrected chi connectivity index (χ2v) is 40.6. The van der Waals surface area contributed by atoms with Crippen molar-refractivity contribution in [2.75, 3.05) is 135 Å². The van der Waals surface area contributed by atoms with Crippen LogP contribution in [0.2, 0.25) is 0 Å². The predicted molar refractivity (Wildman–Crippen MR) is 514 cm³/mol. The normalized spacial score (nSPS) is 37.9. The summed E-state index contributed by atoms with van der Waals surface area (Å²) in [6, 6.07) is -2.91. The fraction of sp³-hybridized carbons (Fsp3) is 0.802.